The number of benzene rings is 1. The predicted molar refractivity (Wildman–Crippen MR) is 81.1 cm³/mol. The maximum Gasteiger partial charge on any atom is 0.234 e. The van der Waals surface area contributed by atoms with E-state index in [2.05, 4.69) is 24.1 Å². The minimum absolute atomic E-state index is 0.0179. The minimum Gasteiger partial charge on any atom is -0.351 e. The van der Waals surface area contributed by atoms with E-state index in [-0.39, 0.29) is 29.7 Å². The molecule has 1 unspecified atom stereocenters. The van der Waals surface area contributed by atoms with Crippen LogP contribution in [0.4, 0.5) is 4.39 Å². The maximum atomic E-state index is 13.5. The number of halogens is 1. The van der Waals surface area contributed by atoms with Crippen LogP contribution in [0.15, 0.2) is 24.3 Å². The molecule has 0 aliphatic carbocycles. The van der Waals surface area contributed by atoms with Crippen LogP contribution in [0.2, 0.25) is 0 Å². The highest BCUT2D eigenvalue weighted by Crippen LogP contribution is 2.27. The summed E-state index contributed by atoms with van der Waals surface area (Å²) in [5.41, 5.74) is 6.61. The van der Waals surface area contributed by atoms with Gasteiger partial charge in [-0.3, -0.25) is 9.69 Å². The fourth-order valence-electron chi connectivity index (χ4n) is 2.71. The number of carbonyl (C=O) groups excluding carboxylic acids is 1. The normalized spacial score (nSPS) is 22.0. The molecule has 3 N–H and O–H groups in total. The van der Waals surface area contributed by atoms with Crippen LogP contribution < -0.4 is 11.1 Å². The Labute approximate surface area is 125 Å². The number of carbonyl (C=O) groups is 1. The molecule has 0 bridgehead atoms. The van der Waals surface area contributed by atoms with Gasteiger partial charge >= 0.3 is 0 Å². The zero-order valence-corrected chi connectivity index (χ0v) is 12.7. The highest BCUT2D eigenvalue weighted by atomic mass is 19.1. The highest BCUT2D eigenvalue weighted by molar-refractivity contribution is 5.78. The number of rotatable bonds is 4. The molecule has 4 nitrogen and oxygen atoms in total. The van der Waals surface area contributed by atoms with Crippen molar-refractivity contribution in [1.82, 2.24) is 10.2 Å². The third kappa shape index (κ3) is 4.25. The second-order valence-corrected chi connectivity index (χ2v) is 6.46. The van der Waals surface area contributed by atoms with Crippen molar-refractivity contribution in [1.29, 1.82) is 0 Å². The molecule has 0 radical (unpaired) electrons. The number of nitrogens with zero attached hydrogens (tertiary/aromatic N) is 1. The van der Waals surface area contributed by atoms with Crippen molar-refractivity contribution in [2.24, 2.45) is 11.1 Å². The van der Waals surface area contributed by atoms with Crippen LogP contribution in [0.1, 0.15) is 25.8 Å². The second-order valence-electron chi connectivity index (χ2n) is 6.46. The first-order chi connectivity index (χ1) is 9.88. The Hall–Kier alpha value is -1.46. The Morgan fingerprint density at radius 1 is 1.48 bits per heavy atom. The van der Waals surface area contributed by atoms with Gasteiger partial charge in [-0.1, -0.05) is 32.0 Å². The molecule has 1 saturated heterocycles. The lowest BCUT2D eigenvalue weighted by molar-refractivity contribution is -0.123. The van der Waals surface area contributed by atoms with Gasteiger partial charge in [-0.05, 0) is 17.9 Å². The maximum absolute atomic E-state index is 13.5. The van der Waals surface area contributed by atoms with Gasteiger partial charge in [0.1, 0.15) is 5.82 Å². The van der Waals surface area contributed by atoms with Crippen molar-refractivity contribution in [3.8, 4) is 0 Å². The van der Waals surface area contributed by atoms with Crippen molar-refractivity contribution < 1.29 is 9.18 Å². The van der Waals surface area contributed by atoms with Gasteiger partial charge in [0.15, 0.2) is 0 Å². The smallest absolute Gasteiger partial charge is 0.234 e. The summed E-state index contributed by atoms with van der Waals surface area (Å²) >= 11 is 0. The number of likely N-dealkylation sites (tertiary alicyclic amines) is 1. The van der Waals surface area contributed by atoms with Crippen molar-refractivity contribution in [2.45, 2.75) is 32.9 Å². The Bertz CT molecular complexity index is 504. The Morgan fingerprint density at radius 3 is 2.86 bits per heavy atom. The standard InChI is InChI=1S/C16H24FN3O/c1-16(2)11-20(8-7-14(16)18)10-15(21)19-9-12-5-3-4-6-13(12)17/h3-6,14H,7-11,18H2,1-2H3,(H,19,21). The predicted octanol–water partition coefficient (Wildman–Crippen LogP) is 1.50. The number of nitrogens with two attached hydrogens (primary N) is 1. The summed E-state index contributed by atoms with van der Waals surface area (Å²) < 4.78 is 13.5. The number of nitrogens with one attached hydrogen (secondary N) is 1. The molecule has 1 aliphatic heterocycles. The molecule has 1 aromatic carbocycles. The molecule has 0 saturated carbocycles. The van der Waals surface area contributed by atoms with E-state index in [4.69, 9.17) is 5.73 Å². The van der Waals surface area contributed by atoms with E-state index in [0.29, 0.717) is 12.1 Å². The Balaban J connectivity index is 1.81. The molecule has 0 aromatic heterocycles. The van der Waals surface area contributed by atoms with Crippen molar-refractivity contribution >= 4 is 5.91 Å². The van der Waals surface area contributed by atoms with Gasteiger partial charge in [0.05, 0.1) is 6.54 Å². The molecule has 1 amide bonds. The van der Waals surface area contributed by atoms with Crippen LogP contribution in [0, 0.1) is 11.2 Å². The molecule has 116 valence electrons. The summed E-state index contributed by atoms with van der Waals surface area (Å²) in [5, 5.41) is 2.77. The largest absolute Gasteiger partial charge is 0.351 e. The van der Waals surface area contributed by atoms with Gasteiger partial charge < -0.3 is 11.1 Å². The summed E-state index contributed by atoms with van der Waals surface area (Å²) in [5.74, 6) is -0.368. The summed E-state index contributed by atoms with van der Waals surface area (Å²) in [4.78, 5) is 14.1. The molecule has 1 aliphatic rings. The van der Waals surface area contributed by atoms with E-state index >= 15 is 0 Å². The van der Waals surface area contributed by atoms with Crippen LogP contribution in [0.5, 0.6) is 0 Å². The number of piperidine rings is 1. The molecule has 5 heteroatoms. The van der Waals surface area contributed by atoms with Crippen LogP contribution >= 0.6 is 0 Å². The first-order valence-electron chi connectivity index (χ1n) is 7.36. The van der Waals surface area contributed by atoms with Crippen molar-refractivity contribution in [2.75, 3.05) is 19.6 Å². The average Bonchev–Trinajstić information content (AvgIpc) is 2.42. The third-order valence-electron chi connectivity index (χ3n) is 4.19. The topological polar surface area (TPSA) is 58.4 Å². The van der Waals surface area contributed by atoms with Crippen molar-refractivity contribution in [3.05, 3.63) is 35.6 Å². The second kappa shape index (κ2) is 6.54. The van der Waals surface area contributed by atoms with Gasteiger partial charge in [0.2, 0.25) is 5.91 Å². The molecule has 2 rings (SSSR count). The molecule has 1 heterocycles. The summed E-state index contributed by atoms with van der Waals surface area (Å²) in [6.45, 7) is 6.45. The third-order valence-corrected chi connectivity index (χ3v) is 4.19. The minimum atomic E-state index is -0.289. The van der Waals surface area contributed by atoms with Crippen LogP contribution in [0.3, 0.4) is 0 Å². The summed E-state index contributed by atoms with van der Waals surface area (Å²) in [6, 6.07) is 6.66. The van der Waals surface area contributed by atoms with E-state index in [1.165, 1.54) is 6.07 Å². The molecule has 1 fully saturated rings. The van der Waals surface area contributed by atoms with Gasteiger partial charge in [-0.25, -0.2) is 4.39 Å². The lowest BCUT2D eigenvalue weighted by Crippen LogP contribution is -2.54. The summed E-state index contributed by atoms with van der Waals surface area (Å²) in [7, 11) is 0. The van der Waals surface area contributed by atoms with Gasteiger partial charge in [-0.15, -0.1) is 0 Å². The Morgan fingerprint density at radius 2 is 2.19 bits per heavy atom. The molecular weight excluding hydrogens is 269 g/mol. The number of hydrogen-bond donors (Lipinski definition) is 2. The number of amides is 1. The van der Waals surface area contributed by atoms with Gasteiger partial charge in [0, 0.05) is 31.2 Å². The van der Waals surface area contributed by atoms with Crippen molar-refractivity contribution in [3.63, 3.8) is 0 Å². The zero-order valence-electron chi connectivity index (χ0n) is 12.7. The fourth-order valence-corrected chi connectivity index (χ4v) is 2.71. The van der Waals surface area contributed by atoms with Crippen LogP contribution in [-0.4, -0.2) is 36.5 Å². The lowest BCUT2D eigenvalue weighted by atomic mass is 9.80. The lowest BCUT2D eigenvalue weighted by Gasteiger charge is -2.42. The molecule has 21 heavy (non-hydrogen) atoms. The van der Waals surface area contributed by atoms with E-state index < -0.39 is 0 Å². The first kappa shape index (κ1) is 15.9. The Kier molecular flexibility index (Phi) is 4.96. The van der Waals surface area contributed by atoms with Gasteiger partial charge in [-0.2, -0.15) is 0 Å². The molecule has 1 atom stereocenters. The van der Waals surface area contributed by atoms with Crippen LogP contribution in [-0.2, 0) is 11.3 Å². The van der Waals surface area contributed by atoms with E-state index in [9.17, 15) is 9.18 Å². The monoisotopic (exact) mass is 293 g/mol. The highest BCUT2D eigenvalue weighted by Gasteiger charge is 2.33. The van der Waals surface area contributed by atoms with E-state index in [0.717, 1.165) is 19.5 Å². The van der Waals surface area contributed by atoms with Crippen LogP contribution in [0.25, 0.3) is 0 Å². The zero-order chi connectivity index (χ0) is 15.5. The quantitative estimate of drug-likeness (QED) is 0.884. The number of hydrogen-bond acceptors (Lipinski definition) is 3. The first-order valence-corrected chi connectivity index (χ1v) is 7.36. The molecular formula is C16H24FN3O. The summed E-state index contributed by atoms with van der Waals surface area (Å²) in [6.07, 6.45) is 0.896. The van der Waals surface area contributed by atoms with E-state index in [1.54, 1.807) is 18.2 Å². The van der Waals surface area contributed by atoms with E-state index in [1.807, 2.05) is 0 Å². The SMILES string of the molecule is CC1(C)CN(CC(=O)NCc2ccccc2F)CCC1N. The molecule has 0 spiro atoms. The molecule has 1 aromatic rings. The van der Waals surface area contributed by atoms with Gasteiger partial charge in [0.25, 0.3) is 0 Å². The fraction of sp³-hybridized carbons (Fsp3) is 0.562. The average molecular weight is 293 g/mol.